The maximum atomic E-state index is 2.77. The van der Waals surface area contributed by atoms with Crippen molar-refractivity contribution in [2.45, 2.75) is 151 Å². The second kappa shape index (κ2) is 16.1. The van der Waals surface area contributed by atoms with Crippen LogP contribution in [0.1, 0.15) is 161 Å². The Morgan fingerprint density at radius 3 is 1.03 bits per heavy atom. The summed E-state index contributed by atoms with van der Waals surface area (Å²) >= 11 is -2.50. The molecule has 4 heteroatoms. The Hall–Kier alpha value is -1.97. The van der Waals surface area contributed by atoms with E-state index in [0.29, 0.717) is 7.35 Å². The molecule has 0 spiro atoms. The standard InChI is InChI=1S/2C26H31.C2H7Si.2ClH.Hf/c2*1-25(2,3)21-13-20(14-22(16-21)26(4,5)6)23-9-7-8-18-12-19(15-24(18)23)17-10-11-17;1-3-2;;;/h2*7-9,12-17H,10-11H2,1-6H3;3H,1-2H3;2*1H;/q;;;;;+2/p-2. The Labute approximate surface area is 374 Å². The number of hydrogen-bond donors (Lipinski definition) is 0. The van der Waals surface area contributed by atoms with Gasteiger partial charge in [-0.15, -0.1) is 0 Å². The number of allylic oxidation sites excluding steroid dienone is 2. The molecule has 0 radical (unpaired) electrons. The summed E-state index contributed by atoms with van der Waals surface area (Å²) in [4.78, 5) is 0. The molecule has 8 rings (SSSR count). The minimum absolute atomic E-state index is 0. The zero-order chi connectivity index (χ0) is 40.3. The molecule has 4 aliphatic rings. The fourth-order valence-electron chi connectivity index (χ4n) is 9.77. The first-order valence-corrected chi connectivity index (χ1v) is 35.3. The molecule has 2 atom stereocenters. The molecule has 0 N–H and O–H groups in total. The van der Waals surface area contributed by atoms with Crippen LogP contribution in [-0.4, -0.2) is 5.98 Å². The predicted molar refractivity (Wildman–Crippen MR) is 244 cm³/mol. The van der Waals surface area contributed by atoms with Crippen LogP contribution in [0.4, 0.5) is 0 Å². The monoisotopic (exact) mass is 995 g/mol. The second-order valence-corrected chi connectivity index (χ2v) is 50.5. The average molecular weight is 996 g/mol. The van der Waals surface area contributed by atoms with Crippen molar-refractivity contribution < 1.29 is 45.4 Å². The molecule has 0 bridgehead atoms. The van der Waals surface area contributed by atoms with Crippen molar-refractivity contribution in [2.75, 3.05) is 0 Å². The number of rotatable bonds is 7. The van der Waals surface area contributed by atoms with E-state index in [1.807, 2.05) is 11.1 Å². The summed E-state index contributed by atoms with van der Waals surface area (Å²) in [6.45, 7) is 34.1. The van der Waals surface area contributed by atoms with E-state index in [0.717, 1.165) is 11.8 Å². The average Bonchev–Trinajstić information content (AvgIpc) is 4.05. The third-order valence-corrected chi connectivity index (χ3v) is 44.2. The van der Waals surface area contributed by atoms with Crippen molar-refractivity contribution in [2.24, 2.45) is 11.8 Å². The molecule has 2 unspecified atom stereocenters. The van der Waals surface area contributed by atoms with E-state index in [-0.39, 0.29) is 46.5 Å². The molecule has 0 nitrogen and oxygen atoms in total. The molecule has 2 fully saturated rings. The van der Waals surface area contributed by atoms with Gasteiger partial charge in [-0.25, -0.2) is 0 Å². The van der Waals surface area contributed by atoms with Gasteiger partial charge in [0.05, 0.1) is 0 Å². The first kappa shape index (κ1) is 45.6. The van der Waals surface area contributed by atoms with Gasteiger partial charge in [0.2, 0.25) is 0 Å². The van der Waals surface area contributed by atoms with Gasteiger partial charge in [0.1, 0.15) is 0 Å². The maximum absolute atomic E-state index is 2.77. The smallest absolute Gasteiger partial charge is 1.00 e. The van der Waals surface area contributed by atoms with Gasteiger partial charge in [0.25, 0.3) is 0 Å². The molecule has 307 valence electrons. The molecule has 58 heavy (non-hydrogen) atoms. The van der Waals surface area contributed by atoms with Crippen molar-refractivity contribution in [1.29, 1.82) is 0 Å². The molecule has 0 saturated heterocycles. The van der Waals surface area contributed by atoms with E-state index in [1.54, 1.807) is 22.3 Å². The number of benzene rings is 4. The molecular formula is C54H69Cl2HfSi. The van der Waals surface area contributed by atoms with Crippen molar-refractivity contribution >= 4 is 18.1 Å². The quantitative estimate of drug-likeness (QED) is 0.162. The molecule has 0 aromatic heterocycles. The Morgan fingerprint density at radius 2 is 0.776 bits per heavy atom. The van der Waals surface area contributed by atoms with Crippen LogP contribution in [-0.2, 0) is 42.3 Å². The van der Waals surface area contributed by atoms with Gasteiger partial charge in [0, 0.05) is 0 Å². The predicted octanol–water partition coefficient (Wildman–Crippen LogP) is 9.22. The van der Waals surface area contributed by atoms with Gasteiger partial charge in [0.15, 0.2) is 0 Å². The van der Waals surface area contributed by atoms with Crippen LogP contribution in [0, 0.1) is 11.8 Å². The van der Waals surface area contributed by atoms with Gasteiger partial charge in [-0.3, -0.25) is 0 Å². The van der Waals surface area contributed by atoms with E-state index in [2.05, 4.69) is 181 Å². The summed E-state index contributed by atoms with van der Waals surface area (Å²) in [6, 6.07) is 30.1. The summed E-state index contributed by atoms with van der Waals surface area (Å²) < 4.78 is 1.42. The largest absolute Gasteiger partial charge is 1.00 e. The van der Waals surface area contributed by atoms with Gasteiger partial charge in [-0.1, -0.05) is 0 Å². The second-order valence-electron chi connectivity index (χ2n) is 22.6. The Balaban J connectivity index is 0.00000283. The van der Waals surface area contributed by atoms with E-state index < -0.39 is 26.6 Å². The zero-order valence-electron chi connectivity index (χ0n) is 38.1. The Kier molecular flexibility index (Phi) is 12.6. The van der Waals surface area contributed by atoms with Gasteiger partial charge in [-0.2, -0.15) is 0 Å². The number of hydrogen-bond acceptors (Lipinski definition) is 0. The van der Waals surface area contributed by atoms with Crippen LogP contribution in [0.25, 0.3) is 34.4 Å². The Bertz CT molecular complexity index is 2030. The van der Waals surface area contributed by atoms with Gasteiger partial charge < -0.3 is 24.8 Å². The third kappa shape index (κ3) is 8.72. The number of fused-ring (bicyclic) bond motifs is 2. The summed E-state index contributed by atoms with van der Waals surface area (Å²) in [5.41, 5.74) is 22.2. The van der Waals surface area contributed by atoms with Crippen molar-refractivity contribution in [3.05, 3.63) is 128 Å². The van der Waals surface area contributed by atoms with Crippen LogP contribution in [0.2, 0.25) is 13.1 Å². The first-order chi connectivity index (χ1) is 26.1. The van der Waals surface area contributed by atoms with E-state index >= 15 is 0 Å². The van der Waals surface area contributed by atoms with Crippen LogP contribution < -0.4 is 24.8 Å². The van der Waals surface area contributed by atoms with Crippen molar-refractivity contribution in [3.8, 4) is 22.3 Å². The number of halogens is 2. The fraction of sp³-hybridized carbons (Fsp3) is 0.481. The maximum Gasteiger partial charge on any atom is -1.00 e. The molecular weight excluding hydrogens is 926 g/mol. The van der Waals surface area contributed by atoms with Gasteiger partial charge >= 0.3 is 352 Å². The molecule has 4 aromatic rings. The topological polar surface area (TPSA) is 0 Å². The minimum atomic E-state index is -2.50. The Morgan fingerprint density at radius 1 is 0.466 bits per heavy atom. The minimum Gasteiger partial charge on any atom is -1.00 e. The molecule has 0 heterocycles. The molecule has 4 aromatic carbocycles. The van der Waals surface area contributed by atoms with Crippen LogP contribution in [0.3, 0.4) is 0 Å². The summed E-state index contributed by atoms with van der Waals surface area (Å²) in [7, 11) is 0. The van der Waals surface area contributed by atoms with Crippen molar-refractivity contribution in [3.63, 3.8) is 0 Å². The van der Waals surface area contributed by atoms with Crippen molar-refractivity contribution in [1.82, 2.24) is 0 Å². The van der Waals surface area contributed by atoms with Gasteiger partial charge in [-0.05, 0) is 0 Å². The fourth-order valence-corrected chi connectivity index (χ4v) is 42.2. The third-order valence-electron chi connectivity index (χ3n) is 13.6. The van der Waals surface area contributed by atoms with E-state index in [4.69, 9.17) is 0 Å². The zero-order valence-corrected chi connectivity index (χ0v) is 44.3. The summed E-state index contributed by atoms with van der Waals surface area (Å²) in [5, 5.41) is 0. The first-order valence-electron chi connectivity index (χ1n) is 22.0. The molecule has 4 aliphatic carbocycles. The SMILES string of the molecule is C[SiH](C)[Hf+2]([CH]1C(C2CC2)=Cc2c(-c3cc(C(C)(C)C)cc(C(C)(C)C)c3)cccc21)[CH]1C(C2CC2)=Cc2c(-c3cc(C(C)(C)C)cc(C(C)(C)C)c3)cccc21.[Cl-].[Cl-]. The van der Waals surface area contributed by atoms with Crippen LogP contribution >= 0.6 is 0 Å². The van der Waals surface area contributed by atoms with E-state index in [9.17, 15) is 0 Å². The van der Waals surface area contributed by atoms with E-state index in [1.165, 1.54) is 70.2 Å². The normalized spacial score (nSPS) is 19.2. The van der Waals surface area contributed by atoms with Crippen LogP contribution in [0.5, 0.6) is 0 Å². The molecule has 0 aliphatic heterocycles. The molecule has 2 saturated carbocycles. The molecule has 0 amide bonds. The van der Waals surface area contributed by atoms with Crippen LogP contribution in [0.15, 0.2) is 83.9 Å². The summed E-state index contributed by atoms with van der Waals surface area (Å²) in [6.07, 6.45) is 11.1. The summed E-state index contributed by atoms with van der Waals surface area (Å²) in [5.74, 6) is 0.591.